The molecule has 1 aromatic carbocycles. The molecule has 14 heavy (non-hydrogen) atoms. The predicted octanol–water partition coefficient (Wildman–Crippen LogP) is 1.45. The van der Waals surface area contributed by atoms with Crippen molar-refractivity contribution < 1.29 is 13.2 Å². The largest absolute Gasteiger partial charge is 0.418 e. The van der Waals surface area contributed by atoms with Crippen LogP contribution in [0.4, 0.5) is 18.9 Å². The number of rotatable bonds is 2. The molecular formula is C8H10F3N3. The van der Waals surface area contributed by atoms with Gasteiger partial charge in [0.1, 0.15) is 0 Å². The maximum absolute atomic E-state index is 12.4. The van der Waals surface area contributed by atoms with Gasteiger partial charge in [-0.2, -0.15) is 13.2 Å². The average Bonchev–Trinajstić information content (AvgIpc) is 2.15. The molecular weight excluding hydrogens is 195 g/mol. The molecule has 1 rings (SSSR count). The van der Waals surface area contributed by atoms with Crippen LogP contribution in [0.1, 0.15) is 11.1 Å². The van der Waals surface area contributed by atoms with Crippen molar-refractivity contribution in [2.45, 2.75) is 12.7 Å². The predicted molar refractivity (Wildman–Crippen MR) is 47.1 cm³/mol. The second-order valence-corrected chi connectivity index (χ2v) is 2.73. The van der Waals surface area contributed by atoms with Gasteiger partial charge in [-0.1, -0.05) is 6.07 Å². The fourth-order valence-corrected chi connectivity index (χ4v) is 1.08. The summed E-state index contributed by atoms with van der Waals surface area (Å²) in [7, 11) is 0. The van der Waals surface area contributed by atoms with Gasteiger partial charge in [-0.15, -0.1) is 0 Å². The molecule has 0 aromatic heterocycles. The first kappa shape index (κ1) is 10.8. The average molecular weight is 205 g/mol. The van der Waals surface area contributed by atoms with E-state index in [1.807, 2.05) is 5.43 Å². The van der Waals surface area contributed by atoms with E-state index in [-0.39, 0.29) is 12.2 Å². The fourth-order valence-electron chi connectivity index (χ4n) is 1.08. The van der Waals surface area contributed by atoms with E-state index in [0.717, 1.165) is 6.07 Å². The van der Waals surface area contributed by atoms with Gasteiger partial charge in [0.15, 0.2) is 0 Å². The Hall–Kier alpha value is -1.27. The van der Waals surface area contributed by atoms with Gasteiger partial charge in [-0.05, 0) is 17.7 Å². The molecule has 3 nitrogen and oxygen atoms in total. The molecule has 1 aromatic rings. The van der Waals surface area contributed by atoms with Crippen LogP contribution in [0.2, 0.25) is 0 Å². The highest BCUT2D eigenvalue weighted by atomic mass is 19.4. The molecule has 0 aliphatic carbocycles. The Morgan fingerprint density at radius 2 is 1.93 bits per heavy atom. The van der Waals surface area contributed by atoms with Crippen molar-refractivity contribution in [3.63, 3.8) is 0 Å². The molecule has 0 saturated carbocycles. The second-order valence-electron chi connectivity index (χ2n) is 2.73. The van der Waals surface area contributed by atoms with Crippen LogP contribution >= 0.6 is 0 Å². The Balaban J connectivity index is 3.22. The molecule has 0 radical (unpaired) electrons. The smallest absolute Gasteiger partial charge is 0.326 e. The lowest BCUT2D eigenvalue weighted by atomic mass is 10.1. The summed E-state index contributed by atoms with van der Waals surface area (Å²) in [5, 5.41) is 0. The zero-order valence-corrected chi connectivity index (χ0v) is 7.23. The highest BCUT2D eigenvalue weighted by Crippen LogP contribution is 2.34. The van der Waals surface area contributed by atoms with Gasteiger partial charge >= 0.3 is 6.18 Å². The maximum atomic E-state index is 12.4. The van der Waals surface area contributed by atoms with Gasteiger partial charge in [0.05, 0.1) is 11.3 Å². The quantitative estimate of drug-likeness (QED) is 0.505. The third kappa shape index (κ3) is 2.15. The molecule has 0 bridgehead atoms. The van der Waals surface area contributed by atoms with Gasteiger partial charge in [0, 0.05) is 6.54 Å². The van der Waals surface area contributed by atoms with Crippen LogP contribution in [0.5, 0.6) is 0 Å². The van der Waals surface area contributed by atoms with Crippen LogP contribution in [-0.2, 0) is 12.7 Å². The Kier molecular flexibility index (Phi) is 2.97. The molecule has 0 amide bonds. The van der Waals surface area contributed by atoms with E-state index in [1.165, 1.54) is 12.1 Å². The first-order chi connectivity index (χ1) is 6.49. The van der Waals surface area contributed by atoms with Crippen molar-refractivity contribution in [1.82, 2.24) is 0 Å². The minimum absolute atomic E-state index is 0.0634. The van der Waals surface area contributed by atoms with E-state index in [9.17, 15) is 13.2 Å². The molecule has 0 saturated heterocycles. The topological polar surface area (TPSA) is 64.1 Å². The second kappa shape index (κ2) is 3.85. The van der Waals surface area contributed by atoms with Crippen molar-refractivity contribution in [3.05, 3.63) is 29.3 Å². The van der Waals surface area contributed by atoms with Crippen LogP contribution in [0.15, 0.2) is 18.2 Å². The number of nitrogen functional groups attached to an aromatic ring is 1. The lowest BCUT2D eigenvalue weighted by Crippen LogP contribution is -2.15. The maximum Gasteiger partial charge on any atom is 0.418 e. The summed E-state index contributed by atoms with van der Waals surface area (Å²) >= 11 is 0. The zero-order chi connectivity index (χ0) is 10.8. The van der Waals surface area contributed by atoms with E-state index < -0.39 is 11.7 Å². The third-order valence-corrected chi connectivity index (χ3v) is 1.78. The summed E-state index contributed by atoms with van der Waals surface area (Å²) < 4.78 is 37.2. The monoisotopic (exact) mass is 205 g/mol. The number of benzene rings is 1. The van der Waals surface area contributed by atoms with Crippen molar-refractivity contribution in [2.24, 2.45) is 11.6 Å². The first-order valence-corrected chi connectivity index (χ1v) is 3.86. The summed E-state index contributed by atoms with van der Waals surface area (Å²) in [6, 6.07) is 3.73. The van der Waals surface area contributed by atoms with Crippen LogP contribution in [-0.4, -0.2) is 0 Å². The van der Waals surface area contributed by atoms with E-state index in [4.69, 9.17) is 11.6 Å². The zero-order valence-electron chi connectivity index (χ0n) is 7.23. The number of anilines is 1. The van der Waals surface area contributed by atoms with Crippen LogP contribution < -0.4 is 17.0 Å². The SMILES string of the molecule is NCc1ccc(NN)c(C(F)(F)F)c1. The third-order valence-electron chi connectivity index (χ3n) is 1.78. The van der Waals surface area contributed by atoms with Gasteiger partial charge in [-0.25, -0.2) is 0 Å². The molecule has 78 valence electrons. The highest BCUT2D eigenvalue weighted by Gasteiger charge is 2.33. The van der Waals surface area contributed by atoms with Crippen LogP contribution in [0.3, 0.4) is 0 Å². The summed E-state index contributed by atoms with van der Waals surface area (Å²) in [6.45, 7) is 0.0634. The molecule has 0 aliphatic heterocycles. The molecule has 0 fully saturated rings. The van der Waals surface area contributed by atoms with Crippen molar-refractivity contribution in [1.29, 1.82) is 0 Å². The fraction of sp³-hybridized carbons (Fsp3) is 0.250. The number of hydrogen-bond donors (Lipinski definition) is 3. The van der Waals surface area contributed by atoms with Crippen molar-refractivity contribution in [2.75, 3.05) is 5.43 Å². The standard InChI is InChI=1S/C8H10F3N3/c9-8(10,11)6-3-5(4-12)1-2-7(6)14-13/h1-3,14H,4,12-13H2. The summed E-state index contributed by atoms with van der Waals surface area (Å²) in [5.41, 5.74) is 6.68. The summed E-state index contributed by atoms with van der Waals surface area (Å²) in [4.78, 5) is 0. The molecule has 0 heterocycles. The summed E-state index contributed by atoms with van der Waals surface area (Å²) in [6.07, 6.45) is -4.42. The van der Waals surface area contributed by atoms with E-state index in [0.29, 0.717) is 5.56 Å². The van der Waals surface area contributed by atoms with Gasteiger partial charge < -0.3 is 11.2 Å². The number of alkyl halides is 3. The lowest BCUT2D eigenvalue weighted by Gasteiger charge is -2.13. The Labute approximate surface area is 78.9 Å². The van der Waals surface area contributed by atoms with Gasteiger partial charge in [-0.3, -0.25) is 5.84 Å². The lowest BCUT2D eigenvalue weighted by molar-refractivity contribution is -0.137. The molecule has 0 aliphatic rings. The minimum Gasteiger partial charge on any atom is -0.326 e. The van der Waals surface area contributed by atoms with Crippen molar-refractivity contribution >= 4 is 5.69 Å². The number of hydrazine groups is 1. The Bertz CT molecular complexity index is 322. The van der Waals surface area contributed by atoms with E-state index in [2.05, 4.69) is 0 Å². The molecule has 0 atom stereocenters. The number of nitrogens with one attached hydrogen (secondary N) is 1. The molecule has 0 spiro atoms. The normalized spacial score (nSPS) is 11.5. The number of halogens is 3. The van der Waals surface area contributed by atoms with E-state index in [1.54, 1.807) is 0 Å². The molecule has 5 N–H and O–H groups in total. The van der Waals surface area contributed by atoms with Crippen LogP contribution in [0.25, 0.3) is 0 Å². The molecule has 0 unspecified atom stereocenters. The number of hydrogen-bond acceptors (Lipinski definition) is 3. The van der Waals surface area contributed by atoms with Crippen LogP contribution in [0, 0.1) is 0 Å². The number of nitrogens with two attached hydrogens (primary N) is 2. The minimum atomic E-state index is -4.42. The van der Waals surface area contributed by atoms with E-state index >= 15 is 0 Å². The van der Waals surface area contributed by atoms with Gasteiger partial charge in [0.2, 0.25) is 0 Å². The Morgan fingerprint density at radius 1 is 1.29 bits per heavy atom. The summed E-state index contributed by atoms with van der Waals surface area (Å²) in [5.74, 6) is 4.96. The Morgan fingerprint density at radius 3 is 2.36 bits per heavy atom. The molecule has 6 heteroatoms. The van der Waals surface area contributed by atoms with Crippen molar-refractivity contribution in [3.8, 4) is 0 Å². The highest BCUT2D eigenvalue weighted by molar-refractivity contribution is 5.53. The van der Waals surface area contributed by atoms with Gasteiger partial charge in [0.25, 0.3) is 0 Å². The first-order valence-electron chi connectivity index (χ1n) is 3.86.